The Morgan fingerprint density at radius 3 is 0.747 bits per heavy atom. The summed E-state index contributed by atoms with van der Waals surface area (Å²) in [5, 5.41) is 10.6. The zero-order valence-electron chi connectivity index (χ0n) is 59.1. The molecule has 0 radical (unpaired) electrons. The fourth-order valence-electron chi connectivity index (χ4n) is 10.9. The molecular formula is C72H140O17P2. The van der Waals surface area contributed by atoms with Gasteiger partial charge in [0.25, 0.3) is 0 Å². The first-order valence-corrected chi connectivity index (χ1v) is 40.5. The molecule has 0 fully saturated rings. The van der Waals surface area contributed by atoms with E-state index in [9.17, 15) is 43.2 Å². The highest BCUT2D eigenvalue weighted by atomic mass is 31.2. The van der Waals surface area contributed by atoms with E-state index < -0.39 is 97.5 Å². The predicted octanol–water partition coefficient (Wildman–Crippen LogP) is 20.8. The third-order valence-corrected chi connectivity index (χ3v) is 18.6. The molecule has 0 heterocycles. The average Bonchev–Trinajstić information content (AvgIpc) is 3.72. The van der Waals surface area contributed by atoms with Crippen LogP contribution in [0.2, 0.25) is 0 Å². The van der Waals surface area contributed by atoms with Crippen LogP contribution in [-0.2, 0) is 65.4 Å². The molecule has 5 atom stereocenters. The SMILES string of the molecule is CCCCCCCCCCCCCCCCCCCCCC(=O)O[C@H](COC(=O)CCCCCCCCCCC(C)C)COP(=O)(O)OC[C@@H](O)COP(=O)(O)OC[C@@H](COC(=O)CCCCCCCCCCCC)OC(=O)CCCCCCCCCCC(C)C. The minimum Gasteiger partial charge on any atom is -0.462 e. The molecule has 91 heavy (non-hydrogen) atoms. The van der Waals surface area contributed by atoms with E-state index in [0.717, 1.165) is 102 Å². The molecule has 2 unspecified atom stereocenters. The summed E-state index contributed by atoms with van der Waals surface area (Å²) in [4.78, 5) is 72.6. The molecule has 0 bridgehead atoms. The Morgan fingerprint density at radius 2 is 0.505 bits per heavy atom. The van der Waals surface area contributed by atoms with Crippen LogP contribution >= 0.6 is 15.6 Å². The number of phosphoric ester groups is 2. The minimum atomic E-state index is -4.95. The number of aliphatic hydroxyl groups is 1. The summed E-state index contributed by atoms with van der Waals surface area (Å²) in [6.07, 6.45) is 50.1. The van der Waals surface area contributed by atoms with Crippen molar-refractivity contribution in [1.82, 2.24) is 0 Å². The topological polar surface area (TPSA) is 237 Å². The molecular weight excluding hydrogens is 1200 g/mol. The highest BCUT2D eigenvalue weighted by Crippen LogP contribution is 2.45. The zero-order valence-corrected chi connectivity index (χ0v) is 60.9. The van der Waals surface area contributed by atoms with Gasteiger partial charge >= 0.3 is 39.5 Å². The molecule has 0 amide bonds. The maximum atomic E-state index is 13.0. The molecule has 0 saturated heterocycles. The molecule has 0 rings (SSSR count). The predicted molar refractivity (Wildman–Crippen MR) is 368 cm³/mol. The summed E-state index contributed by atoms with van der Waals surface area (Å²) in [7, 11) is -9.90. The van der Waals surface area contributed by atoms with Crippen molar-refractivity contribution in [1.29, 1.82) is 0 Å². The van der Waals surface area contributed by atoms with E-state index in [4.69, 9.17) is 37.0 Å². The number of phosphoric acid groups is 2. The van der Waals surface area contributed by atoms with Crippen molar-refractivity contribution in [2.24, 2.45) is 11.8 Å². The average molecular weight is 1340 g/mol. The summed E-state index contributed by atoms with van der Waals surface area (Å²) in [5.41, 5.74) is 0. The van der Waals surface area contributed by atoms with Gasteiger partial charge in [-0.2, -0.15) is 0 Å². The summed E-state index contributed by atoms with van der Waals surface area (Å²) < 4.78 is 68.3. The van der Waals surface area contributed by atoms with Gasteiger partial charge in [-0.3, -0.25) is 37.3 Å². The summed E-state index contributed by atoms with van der Waals surface area (Å²) in [5.74, 6) is -0.680. The second-order valence-electron chi connectivity index (χ2n) is 26.9. The number of rotatable bonds is 71. The molecule has 0 aliphatic carbocycles. The standard InChI is InChI=1S/C72H140O17P2/c1-7-9-11-13-15-17-19-20-21-22-23-24-25-26-27-29-38-44-50-56-71(76)88-67(61-83-70(75)55-49-43-37-32-30-34-40-46-52-64(3)4)62-86-90(78,79)84-58-66(73)59-85-91(80,81)87-63-68(60-82-69(74)54-48-42-36-28-18-16-14-12-10-8-2)89-72(77)57-51-45-39-33-31-35-41-47-53-65(5)6/h64-68,73H,7-63H2,1-6H3,(H,78,79)(H,80,81)/t66-,67-,68-/m1/s1. The Hall–Kier alpha value is -1.94. The van der Waals surface area contributed by atoms with E-state index in [1.54, 1.807) is 0 Å². The smallest absolute Gasteiger partial charge is 0.462 e. The largest absolute Gasteiger partial charge is 0.472 e. The molecule has 3 N–H and O–H groups in total. The first-order valence-electron chi connectivity index (χ1n) is 37.5. The Labute approximate surface area is 556 Å². The number of carbonyl (C=O) groups is 4. The summed E-state index contributed by atoms with van der Waals surface area (Å²) >= 11 is 0. The van der Waals surface area contributed by atoms with Gasteiger partial charge in [0.05, 0.1) is 26.4 Å². The number of ether oxygens (including phenoxy) is 4. The second-order valence-corrected chi connectivity index (χ2v) is 29.8. The van der Waals surface area contributed by atoms with Crippen molar-refractivity contribution in [3.63, 3.8) is 0 Å². The van der Waals surface area contributed by atoms with Crippen molar-refractivity contribution in [2.75, 3.05) is 39.6 Å². The van der Waals surface area contributed by atoms with E-state index in [1.165, 1.54) is 186 Å². The lowest BCUT2D eigenvalue weighted by Crippen LogP contribution is -2.30. The van der Waals surface area contributed by atoms with Crippen LogP contribution in [0.4, 0.5) is 0 Å². The Kier molecular flexibility index (Phi) is 62.7. The maximum absolute atomic E-state index is 13.0. The van der Waals surface area contributed by atoms with Crippen LogP contribution in [0.1, 0.15) is 369 Å². The lowest BCUT2D eigenvalue weighted by Gasteiger charge is -2.21. The maximum Gasteiger partial charge on any atom is 0.472 e. The monoisotopic (exact) mass is 1340 g/mol. The molecule has 0 aromatic rings. The van der Waals surface area contributed by atoms with Gasteiger partial charge in [0.15, 0.2) is 12.2 Å². The number of unbranched alkanes of at least 4 members (excludes halogenated alkanes) is 41. The van der Waals surface area contributed by atoms with Gasteiger partial charge in [0, 0.05) is 25.7 Å². The molecule has 0 aliphatic rings. The third-order valence-electron chi connectivity index (χ3n) is 16.7. The van der Waals surface area contributed by atoms with Crippen LogP contribution in [0.15, 0.2) is 0 Å². The minimum absolute atomic E-state index is 0.105. The van der Waals surface area contributed by atoms with E-state index in [1.807, 2.05) is 0 Å². The molecule has 17 nitrogen and oxygen atoms in total. The van der Waals surface area contributed by atoms with E-state index >= 15 is 0 Å². The summed E-state index contributed by atoms with van der Waals surface area (Å²) in [6.45, 7) is 9.48. The van der Waals surface area contributed by atoms with Gasteiger partial charge in [0.2, 0.25) is 0 Å². The van der Waals surface area contributed by atoms with Crippen molar-refractivity contribution in [3.05, 3.63) is 0 Å². The van der Waals surface area contributed by atoms with Gasteiger partial charge in [-0.15, -0.1) is 0 Å². The second kappa shape index (κ2) is 64.1. The molecule has 0 aliphatic heterocycles. The van der Waals surface area contributed by atoms with E-state index in [-0.39, 0.29) is 25.7 Å². The summed E-state index contributed by atoms with van der Waals surface area (Å²) in [6, 6.07) is 0. The Balaban J connectivity index is 5.20. The number of hydrogen-bond acceptors (Lipinski definition) is 15. The molecule has 19 heteroatoms. The van der Waals surface area contributed by atoms with Crippen LogP contribution in [0.3, 0.4) is 0 Å². The van der Waals surface area contributed by atoms with Gasteiger partial charge in [-0.25, -0.2) is 9.13 Å². The zero-order chi connectivity index (χ0) is 67.2. The fraction of sp³-hybridized carbons (Fsp3) is 0.944. The normalized spacial score (nSPS) is 14.1. The number of esters is 4. The van der Waals surface area contributed by atoms with Crippen molar-refractivity contribution >= 4 is 39.5 Å². The first-order chi connectivity index (χ1) is 43.9. The lowest BCUT2D eigenvalue weighted by atomic mass is 10.0. The van der Waals surface area contributed by atoms with Crippen molar-refractivity contribution in [3.8, 4) is 0 Å². The fourth-order valence-corrected chi connectivity index (χ4v) is 12.5. The number of carbonyl (C=O) groups excluding carboxylic acids is 4. The van der Waals surface area contributed by atoms with E-state index in [0.29, 0.717) is 25.7 Å². The molecule has 0 aromatic heterocycles. The van der Waals surface area contributed by atoms with Gasteiger partial charge < -0.3 is 33.8 Å². The van der Waals surface area contributed by atoms with Gasteiger partial charge in [-0.1, -0.05) is 318 Å². The van der Waals surface area contributed by atoms with E-state index in [2.05, 4.69) is 41.5 Å². The van der Waals surface area contributed by atoms with Crippen molar-refractivity contribution < 1.29 is 80.2 Å². The molecule has 540 valence electrons. The van der Waals surface area contributed by atoms with Crippen LogP contribution in [-0.4, -0.2) is 96.7 Å². The molecule has 0 aromatic carbocycles. The van der Waals surface area contributed by atoms with Gasteiger partial charge in [0.1, 0.15) is 19.3 Å². The van der Waals surface area contributed by atoms with Gasteiger partial charge in [-0.05, 0) is 37.5 Å². The quantitative estimate of drug-likeness (QED) is 0.0222. The van der Waals surface area contributed by atoms with Crippen LogP contribution < -0.4 is 0 Å². The highest BCUT2D eigenvalue weighted by molar-refractivity contribution is 7.47. The van der Waals surface area contributed by atoms with Crippen molar-refractivity contribution in [2.45, 2.75) is 387 Å². The van der Waals surface area contributed by atoms with Crippen LogP contribution in [0.5, 0.6) is 0 Å². The Morgan fingerprint density at radius 1 is 0.297 bits per heavy atom. The van der Waals surface area contributed by atoms with Crippen LogP contribution in [0.25, 0.3) is 0 Å². The first kappa shape index (κ1) is 89.1. The highest BCUT2D eigenvalue weighted by Gasteiger charge is 2.30. The number of aliphatic hydroxyl groups excluding tert-OH is 1. The van der Waals surface area contributed by atoms with Crippen LogP contribution in [0, 0.1) is 11.8 Å². The molecule has 0 spiro atoms. The Bertz CT molecular complexity index is 1770. The number of hydrogen-bond donors (Lipinski definition) is 3. The molecule has 0 saturated carbocycles. The lowest BCUT2D eigenvalue weighted by molar-refractivity contribution is -0.161. The third kappa shape index (κ3) is 66.5.